The zero-order valence-electron chi connectivity index (χ0n) is 22.6. The van der Waals surface area contributed by atoms with Gasteiger partial charge in [0.2, 0.25) is 0 Å². The van der Waals surface area contributed by atoms with E-state index in [-0.39, 0.29) is 23.8 Å². The molecule has 3 fully saturated rings. The van der Waals surface area contributed by atoms with Crippen LogP contribution in [-0.2, 0) is 4.74 Å². The lowest BCUT2D eigenvalue weighted by Gasteiger charge is -2.48. The first-order valence-corrected chi connectivity index (χ1v) is 13.6. The molecule has 3 heterocycles. The van der Waals surface area contributed by atoms with Crippen LogP contribution in [0.25, 0.3) is 0 Å². The summed E-state index contributed by atoms with van der Waals surface area (Å²) in [6.45, 7) is 11.3. The second kappa shape index (κ2) is 10.8. The summed E-state index contributed by atoms with van der Waals surface area (Å²) in [5.41, 5.74) is 1.96. The third-order valence-electron chi connectivity index (χ3n) is 7.76. The first-order valence-electron chi connectivity index (χ1n) is 13.6. The summed E-state index contributed by atoms with van der Waals surface area (Å²) in [5, 5.41) is 0. The zero-order chi connectivity index (χ0) is 26.9. The molecule has 0 aromatic heterocycles. The van der Waals surface area contributed by atoms with Crippen LogP contribution >= 0.6 is 0 Å². The van der Waals surface area contributed by atoms with Crippen LogP contribution in [0.2, 0.25) is 0 Å². The highest BCUT2D eigenvalue weighted by atomic mass is 16.6. The van der Waals surface area contributed by atoms with E-state index in [4.69, 9.17) is 4.74 Å². The van der Waals surface area contributed by atoms with Crippen LogP contribution in [-0.4, -0.2) is 102 Å². The largest absolute Gasteiger partial charge is 0.444 e. The maximum atomic E-state index is 13.5. The first kappa shape index (κ1) is 26.2. The Morgan fingerprint density at radius 3 is 2.08 bits per heavy atom. The lowest BCUT2D eigenvalue weighted by atomic mass is 9.92. The van der Waals surface area contributed by atoms with Crippen LogP contribution in [0.15, 0.2) is 54.6 Å². The van der Waals surface area contributed by atoms with Crippen molar-refractivity contribution in [1.82, 2.24) is 19.6 Å². The fraction of sp³-hybridized carbons (Fsp3) is 0.500. The number of amides is 3. The van der Waals surface area contributed by atoms with E-state index in [0.29, 0.717) is 45.3 Å². The fourth-order valence-corrected chi connectivity index (χ4v) is 5.63. The van der Waals surface area contributed by atoms with E-state index in [9.17, 15) is 14.4 Å². The molecule has 3 amide bonds. The summed E-state index contributed by atoms with van der Waals surface area (Å²) in [6, 6.07) is 17.6. The third-order valence-corrected chi connectivity index (χ3v) is 7.76. The minimum Gasteiger partial charge on any atom is -0.444 e. The van der Waals surface area contributed by atoms with Crippen LogP contribution in [0.4, 0.5) is 4.79 Å². The first-order chi connectivity index (χ1) is 18.2. The Morgan fingerprint density at radius 1 is 0.737 bits per heavy atom. The van der Waals surface area contributed by atoms with Crippen molar-refractivity contribution in [2.24, 2.45) is 0 Å². The van der Waals surface area contributed by atoms with E-state index in [2.05, 4.69) is 4.90 Å². The van der Waals surface area contributed by atoms with Gasteiger partial charge in [0.25, 0.3) is 11.8 Å². The molecular weight excluding hydrogens is 480 g/mol. The molecule has 1 atom stereocenters. The highest BCUT2D eigenvalue weighted by Crippen LogP contribution is 2.32. The van der Waals surface area contributed by atoms with E-state index >= 15 is 0 Å². The van der Waals surface area contributed by atoms with Gasteiger partial charge in [-0.1, -0.05) is 36.4 Å². The molecule has 0 spiro atoms. The molecule has 3 aliphatic heterocycles. The minimum atomic E-state index is -0.527. The van der Waals surface area contributed by atoms with Gasteiger partial charge < -0.3 is 19.4 Å². The number of ether oxygens (including phenoxy) is 1. The second-order valence-corrected chi connectivity index (χ2v) is 11.6. The maximum absolute atomic E-state index is 13.5. The van der Waals surface area contributed by atoms with Gasteiger partial charge in [0.15, 0.2) is 0 Å². The summed E-state index contributed by atoms with van der Waals surface area (Å²) in [4.78, 5) is 46.8. The van der Waals surface area contributed by atoms with Gasteiger partial charge in [-0.3, -0.25) is 14.5 Å². The van der Waals surface area contributed by atoms with Gasteiger partial charge in [0.05, 0.1) is 0 Å². The second-order valence-electron chi connectivity index (χ2n) is 11.6. The number of piperazine rings is 1. The average Bonchev–Trinajstić information content (AvgIpc) is 3.38. The van der Waals surface area contributed by atoms with Gasteiger partial charge in [-0.15, -0.1) is 0 Å². The number of rotatable bonds is 4. The van der Waals surface area contributed by atoms with E-state index in [1.165, 1.54) is 0 Å². The number of carbonyl (C=O) groups is 3. The number of benzene rings is 2. The number of nitrogens with zero attached hydrogens (tertiary/aromatic N) is 4. The van der Waals surface area contributed by atoms with Gasteiger partial charge in [-0.2, -0.15) is 0 Å². The standard InChI is InChI=1S/C30H38N4O4/c1-30(2,3)38-29(37)33-14-13-23(19-33)25-11-7-8-12-26(25)28(36)34-20-24(21-34)31-15-17-32(18-16-31)27(35)22-9-5-4-6-10-22/h4-12,23-24H,13-21H2,1-3H3. The average molecular weight is 519 g/mol. The highest BCUT2D eigenvalue weighted by Gasteiger charge is 2.39. The molecule has 0 bridgehead atoms. The molecule has 8 nitrogen and oxygen atoms in total. The van der Waals surface area contributed by atoms with E-state index < -0.39 is 5.60 Å². The number of hydrogen-bond acceptors (Lipinski definition) is 5. The van der Waals surface area contributed by atoms with E-state index in [0.717, 1.165) is 36.2 Å². The zero-order valence-corrected chi connectivity index (χ0v) is 22.6. The summed E-state index contributed by atoms with van der Waals surface area (Å²) >= 11 is 0. The molecule has 2 aromatic carbocycles. The quantitative estimate of drug-likeness (QED) is 0.617. The molecule has 3 saturated heterocycles. The molecule has 0 N–H and O–H groups in total. The lowest BCUT2D eigenvalue weighted by molar-refractivity contribution is 0.00845. The summed E-state index contributed by atoms with van der Waals surface area (Å²) < 4.78 is 5.55. The van der Waals surface area contributed by atoms with Crippen molar-refractivity contribution in [2.75, 3.05) is 52.4 Å². The van der Waals surface area contributed by atoms with Crippen molar-refractivity contribution < 1.29 is 19.1 Å². The van der Waals surface area contributed by atoms with Crippen molar-refractivity contribution in [2.45, 2.75) is 44.8 Å². The van der Waals surface area contributed by atoms with Crippen molar-refractivity contribution >= 4 is 17.9 Å². The lowest BCUT2D eigenvalue weighted by Crippen LogP contribution is -2.64. The Hall–Kier alpha value is -3.39. The van der Waals surface area contributed by atoms with E-state index in [1.807, 2.05) is 85.2 Å². The topological polar surface area (TPSA) is 73.4 Å². The number of likely N-dealkylation sites (tertiary alicyclic amines) is 2. The molecule has 0 saturated carbocycles. The van der Waals surface area contributed by atoms with Crippen LogP contribution in [0, 0.1) is 0 Å². The van der Waals surface area contributed by atoms with Crippen LogP contribution in [0.5, 0.6) is 0 Å². The molecule has 5 rings (SSSR count). The minimum absolute atomic E-state index is 0.0606. The van der Waals surface area contributed by atoms with Crippen LogP contribution < -0.4 is 0 Å². The number of carbonyl (C=O) groups excluding carboxylic acids is 3. The Labute approximate surface area is 225 Å². The smallest absolute Gasteiger partial charge is 0.410 e. The maximum Gasteiger partial charge on any atom is 0.410 e. The van der Waals surface area contributed by atoms with Crippen molar-refractivity contribution in [1.29, 1.82) is 0 Å². The number of hydrogen-bond donors (Lipinski definition) is 0. The molecule has 0 aliphatic carbocycles. The molecular formula is C30H38N4O4. The Balaban J connectivity index is 1.14. The predicted octanol–water partition coefficient (Wildman–Crippen LogP) is 3.69. The molecule has 38 heavy (non-hydrogen) atoms. The van der Waals surface area contributed by atoms with Crippen molar-refractivity contribution in [3.63, 3.8) is 0 Å². The molecule has 202 valence electrons. The predicted molar refractivity (Wildman–Crippen MR) is 145 cm³/mol. The Kier molecular flexibility index (Phi) is 7.43. The monoisotopic (exact) mass is 518 g/mol. The fourth-order valence-electron chi connectivity index (χ4n) is 5.63. The normalized spacial score (nSPS) is 20.8. The molecule has 0 radical (unpaired) electrons. The molecule has 8 heteroatoms. The van der Waals surface area contributed by atoms with Gasteiger partial charge >= 0.3 is 6.09 Å². The highest BCUT2D eigenvalue weighted by molar-refractivity contribution is 5.96. The van der Waals surface area contributed by atoms with E-state index in [1.54, 1.807) is 4.90 Å². The SMILES string of the molecule is CC(C)(C)OC(=O)N1CCC(c2ccccc2C(=O)N2CC(N3CCN(C(=O)c4ccccc4)CC3)C2)C1. The van der Waals surface area contributed by atoms with Crippen LogP contribution in [0.3, 0.4) is 0 Å². The van der Waals surface area contributed by atoms with Gasteiger partial charge in [0.1, 0.15) is 5.60 Å². The van der Waals surface area contributed by atoms with Gasteiger partial charge in [-0.05, 0) is 51.0 Å². The Bertz CT molecular complexity index is 1160. The summed E-state index contributed by atoms with van der Waals surface area (Å²) in [5.74, 6) is 0.268. The molecule has 3 aliphatic rings. The van der Waals surface area contributed by atoms with Gasteiger partial charge in [0, 0.05) is 75.4 Å². The molecule has 1 unspecified atom stereocenters. The Morgan fingerprint density at radius 2 is 1.39 bits per heavy atom. The van der Waals surface area contributed by atoms with Crippen molar-refractivity contribution in [3.05, 3.63) is 71.3 Å². The summed E-state index contributed by atoms with van der Waals surface area (Å²) in [7, 11) is 0. The third kappa shape index (κ3) is 5.70. The summed E-state index contributed by atoms with van der Waals surface area (Å²) in [6.07, 6.45) is 0.526. The van der Waals surface area contributed by atoms with Crippen LogP contribution in [0.1, 0.15) is 59.4 Å². The molecule has 2 aromatic rings. The van der Waals surface area contributed by atoms with Gasteiger partial charge in [-0.25, -0.2) is 4.79 Å². The van der Waals surface area contributed by atoms with Crippen molar-refractivity contribution in [3.8, 4) is 0 Å².